The summed E-state index contributed by atoms with van der Waals surface area (Å²) in [5.41, 5.74) is 1.67. The minimum atomic E-state index is -0.0991. The molecule has 0 amide bonds. The second-order valence-electron chi connectivity index (χ2n) is 7.56. The fourth-order valence-corrected chi connectivity index (χ4v) is 4.25. The molecule has 0 bridgehead atoms. The zero-order valence-electron chi connectivity index (χ0n) is 15.7. The third-order valence-corrected chi connectivity index (χ3v) is 5.71. The van der Waals surface area contributed by atoms with Gasteiger partial charge in [-0.1, -0.05) is 12.1 Å². The van der Waals surface area contributed by atoms with E-state index in [-0.39, 0.29) is 24.8 Å². The molecule has 1 atom stereocenters. The molecule has 1 aliphatic carbocycles. The van der Waals surface area contributed by atoms with Crippen LogP contribution in [0.5, 0.6) is 0 Å². The highest BCUT2D eigenvalue weighted by Gasteiger charge is 2.36. The van der Waals surface area contributed by atoms with E-state index < -0.39 is 0 Å². The first-order valence-electron chi connectivity index (χ1n) is 9.96. The van der Waals surface area contributed by atoms with Crippen LogP contribution in [0.1, 0.15) is 49.2 Å². The first-order valence-corrected chi connectivity index (χ1v) is 9.96. The predicted molar refractivity (Wildman–Crippen MR) is 106 cm³/mol. The number of para-hydroxylation sites is 1. The average molecular weight is 377 g/mol. The van der Waals surface area contributed by atoms with Crippen molar-refractivity contribution in [3.63, 3.8) is 0 Å². The number of aliphatic hydroxyl groups excluding tert-OH is 1. The van der Waals surface area contributed by atoms with Crippen LogP contribution in [0.25, 0.3) is 10.9 Å². The van der Waals surface area contributed by atoms with E-state index in [0.29, 0.717) is 22.6 Å². The Balaban J connectivity index is 1.65. The Morgan fingerprint density at radius 1 is 1.11 bits per heavy atom. The molecule has 2 aliphatic rings. The number of hydrogen-bond donors (Lipinski definition) is 1. The molecular weight excluding hydrogens is 354 g/mol. The number of nitrogens with zero attached hydrogens (tertiary/aromatic N) is 5. The maximum absolute atomic E-state index is 13.1. The van der Waals surface area contributed by atoms with E-state index in [4.69, 9.17) is 4.98 Å². The van der Waals surface area contributed by atoms with Gasteiger partial charge < -0.3 is 10.0 Å². The molecule has 1 aromatic carbocycles. The molecule has 0 spiro atoms. The molecule has 1 N–H and O–H groups in total. The number of fused-ring (bicyclic) bond motifs is 1. The van der Waals surface area contributed by atoms with Crippen molar-refractivity contribution in [2.75, 3.05) is 18.1 Å². The minimum Gasteiger partial charge on any atom is -0.395 e. The zero-order chi connectivity index (χ0) is 19.1. The van der Waals surface area contributed by atoms with Crippen LogP contribution < -0.4 is 10.5 Å². The van der Waals surface area contributed by atoms with Gasteiger partial charge in [-0.2, -0.15) is 0 Å². The predicted octanol–water partition coefficient (Wildman–Crippen LogP) is 2.40. The molecular formula is C21H23N5O2. The molecule has 144 valence electrons. The van der Waals surface area contributed by atoms with Crippen LogP contribution >= 0.6 is 0 Å². The fraction of sp³-hybridized carbons (Fsp3) is 0.429. The number of benzene rings is 1. The lowest BCUT2D eigenvalue weighted by molar-refractivity contribution is 0.270. The Bertz CT molecular complexity index is 1080. The first kappa shape index (κ1) is 17.3. The Kier molecular flexibility index (Phi) is 4.31. The summed E-state index contributed by atoms with van der Waals surface area (Å²) >= 11 is 0. The number of aliphatic hydroxyl groups is 1. The molecule has 28 heavy (non-hydrogen) atoms. The second kappa shape index (κ2) is 6.98. The normalized spacial score (nSPS) is 19.5. The van der Waals surface area contributed by atoms with Crippen molar-refractivity contribution in [2.24, 2.45) is 0 Å². The first-order chi connectivity index (χ1) is 13.8. The Morgan fingerprint density at radius 3 is 2.75 bits per heavy atom. The summed E-state index contributed by atoms with van der Waals surface area (Å²) in [6.45, 7) is 1.01. The fourth-order valence-electron chi connectivity index (χ4n) is 4.25. The van der Waals surface area contributed by atoms with Crippen LogP contribution in [-0.4, -0.2) is 37.8 Å². The maximum atomic E-state index is 13.1. The minimum absolute atomic E-state index is 0.0435. The van der Waals surface area contributed by atoms with E-state index in [1.54, 1.807) is 23.0 Å². The SMILES string of the molecule is O=c1c2ccccc2nc(C2CCCN2c2nccnc2C2CC2)n1CCO. The summed E-state index contributed by atoms with van der Waals surface area (Å²) < 4.78 is 1.64. The summed E-state index contributed by atoms with van der Waals surface area (Å²) in [6.07, 6.45) is 7.73. The molecule has 1 aliphatic heterocycles. The van der Waals surface area contributed by atoms with E-state index in [0.717, 1.165) is 43.7 Å². The van der Waals surface area contributed by atoms with E-state index in [1.165, 1.54) is 0 Å². The van der Waals surface area contributed by atoms with Gasteiger partial charge in [-0.3, -0.25) is 14.3 Å². The Morgan fingerprint density at radius 2 is 1.93 bits per heavy atom. The topological polar surface area (TPSA) is 84.1 Å². The van der Waals surface area contributed by atoms with Crippen LogP contribution in [0.4, 0.5) is 5.82 Å². The van der Waals surface area contributed by atoms with E-state index in [9.17, 15) is 9.90 Å². The molecule has 0 radical (unpaired) electrons. The van der Waals surface area contributed by atoms with Crippen LogP contribution in [0.3, 0.4) is 0 Å². The molecule has 2 fully saturated rings. The van der Waals surface area contributed by atoms with Crippen molar-refractivity contribution < 1.29 is 5.11 Å². The van der Waals surface area contributed by atoms with E-state index in [1.807, 2.05) is 18.2 Å². The third kappa shape index (κ3) is 2.86. The van der Waals surface area contributed by atoms with Crippen LogP contribution in [0.15, 0.2) is 41.5 Å². The van der Waals surface area contributed by atoms with Gasteiger partial charge in [-0.05, 0) is 37.8 Å². The lowest BCUT2D eigenvalue weighted by Crippen LogP contribution is -2.33. The molecule has 2 aromatic heterocycles. The molecule has 3 aromatic rings. The molecule has 7 heteroatoms. The Hall–Kier alpha value is -2.80. The summed E-state index contributed by atoms with van der Waals surface area (Å²) in [5.74, 6) is 2.13. The maximum Gasteiger partial charge on any atom is 0.261 e. The van der Waals surface area contributed by atoms with Crippen molar-refractivity contribution in [3.05, 3.63) is 58.5 Å². The van der Waals surface area contributed by atoms with E-state index >= 15 is 0 Å². The van der Waals surface area contributed by atoms with Gasteiger partial charge in [0.25, 0.3) is 5.56 Å². The number of hydrogen-bond acceptors (Lipinski definition) is 6. The smallest absolute Gasteiger partial charge is 0.261 e. The van der Waals surface area contributed by atoms with Crippen molar-refractivity contribution >= 4 is 16.7 Å². The van der Waals surface area contributed by atoms with Gasteiger partial charge in [0.1, 0.15) is 5.82 Å². The molecule has 1 saturated carbocycles. The monoisotopic (exact) mass is 377 g/mol. The standard InChI is InChI=1S/C21H23N5O2/c27-13-12-26-19(24-16-5-2-1-4-15(16)21(26)28)17-6-3-11-25(17)20-18(14-7-8-14)22-9-10-23-20/h1-2,4-5,9-10,14,17,27H,3,6-8,11-13H2. The van der Waals surface area contributed by atoms with Gasteiger partial charge in [0.05, 0.1) is 35.8 Å². The van der Waals surface area contributed by atoms with Gasteiger partial charge >= 0.3 is 0 Å². The van der Waals surface area contributed by atoms with E-state index in [2.05, 4.69) is 14.9 Å². The van der Waals surface area contributed by atoms with Crippen LogP contribution in [-0.2, 0) is 6.54 Å². The largest absolute Gasteiger partial charge is 0.395 e. The number of aromatic nitrogens is 4. The highest BCUT2D eigenvalue weighted by molar-refractivity contribution is 5.77. The van der Waals surface area contributed by atoms with Gasteiger partial charge in [0.15, 0.2) is 5.82 Å². The van der Waals surface area contributed by atoms with Gasteiger partial charge in [-0.15, -0.1) is 0 Å². The highest BCUT2D eigenvalue weighted by atomic mass is 16.3. The molecule has 1 unspecified atom stereocenters. The van der Waals surface area contributed by atoms with Crippen molar-refractivity contribution in [1.82, 2.24) is 19.5 Å². The van der Waals surface area contributed by atoms with Crippen molar-refractivity contribution in [1.29, 1.82) is 0 Å². The average Bonchev–Trinajstić information content (AvgIpc) is 3.47. The molecule has 5 rings (SSSR count). The van der Waals surface area contributed by atoms with Crippen molar-refractivity contribution in [3.8, 4) is 0 Å². The summed E-state index contributed by atoms with van der Waals surface area (Å²) in [4.78, 5) is 29.5. The quantitative estimate of drug-likeness (QED) is 0.735. The van der Waals surface area contributed by atoms with Gasteiger partial charge in [0, 0.05) is 24.9 Å². The van der Waals surface area contributed by atoms with Crippen LogP contribution in [0, 0.1) is 0 Å². The lowest BCUT2D eigenvalue weighted by atomic mass is 10.1. The Labute approximate surface area is 162 Å². The van der Waals surface area contributed by atoms with Gasteiger partial charge in [-0.25, -0.2) is 9.97 Å². The summed E-state index contributed by atoms with van der Waals surface area (Å²) in [5, 5.41) is 10.2. The summed E-state index contributed by atoms with van der Waals surface area (Å²) in [6, 6.07) is 7.37. The van der Waals surface area contributed by atoms with Gasteiger partial charge in [0.2, 0.25) is 0 Å². The number of anilines is 1. The second-order valence-corrected chi connectivity index (χ2v) is 7.56. The van der Waals surface area contributed by atoms with Crippen LogP contribution in [0.2, 0.25) is 0 Å². The third-order valence-electron chi connectivity index (χ3n) is 5.71. The summed E-state index contributed by atoms with van der Waals surface area (Å²) in [7, 11) is 0. The number of rotatable bonds is 5. The molecule has 7 nitrogen and oxygen atoms in total. The molecule has 1 saturated heterocycles. The zero-order valence-corrected chi connectivity index (χ0v) is 15.7. The molecule has 3 heterocycles. The van der Waals surface area contributed by atoms with Crippen molar-refractivity contribution in [2.45, 2.75) is 44.2 Å². The lowest BCUT2D eigenvalue weighted by Gasteiger charge is -2.28. The highest BCUT2D eigenvalue weighted by Crippen LogP contribution is 2.45.